The van der Waals surface area contributed by atoms with Gasteiger partial charge in [-0.2, -0.15) is 11.8 Å². The van der Waals surface area contributed by atoms with Gasteiger partial charge in [-0.15, -0.1) is 0 Å². The molecule has 3 nitrogen and oxygen atoms in total. The van der Waals surface area contributed by atoms with Crippen molar-refractivity contribution in [3.63, 3.8) is 0 Å². The lowest BCUT2D eigenvalue weighted by atomic mass is 10.0. The first-order valence-electron chi connectivity index (χ1n) is 6.62. The number of benzene rings is 1. The predicted molar refractivity (Wildman–Crippen MR) is 85.1 cm³/mol. The maximum Gasteiger partial charge on any atom is 0.251 e. The van der Waals surface area contributed by atoms with Gasteiger partial charge in [0.1, 0.15) is 6.61 Å². The first kappa shape index (κ1) is 16.6. The highest BCUT2D eigenvalue weighted by Crippen LogP contribution is 2.11. The molecule has 1 aromatic carbocycles. The quantitative estimate of drug-likeness (QED) is 0.818. The van der Waals surface area contributed by atoms with Crippen molar-refractivity contribution in [3.8, 4) is 11.8 Å². The molecule has 0 aliphatic rings. The number of rotatable bonds is 5. The Morgan fingerprint density at radius 2 is 2.25 bits per heavy atom. The Morgan fingerprint density at radius 1 is 1.50 bits per heavy atom. The molecule has 0 heterocycles. The number of aryl methyl sites for hydroxylation is 1. The molecule has 0 fully saturated rings. The molecular formula is C16H21NO2S. The molecule has 0 bridgehead atoms. The minimum atomic E-state index is -0.179. The molecule has 1 unspecified atom stereocenters. The van der Waals surface area contributed by atoms with Crippen molar-refractivity contribution in [1.82, 2.24) is 5.32 Å². The largest absolute Gasteiger partial charge is 0.384 e. The highest BCUT2D eigenvalue weighted by molar-refractivity contribution is 7.98. The molecule has 0 aliphatic carbocycles. The second kappa shape index (κ2) is 8.68. The van der Waals surface area contributed by atoms with Crippen LogP contribution in [-0.4, -0.2) is 35.7 Å². The minimum absolute atomic E-state index is 0.0713. The Kier molecular flexibility index (Phi) is 7.21. The fourth-order valence-electron chi connectivity index (χ4n) is 1.76. The lowest BCUT2D eigenvalue weighted by Crippen LogP contribution is -2.36. The van der Waals surface area contributed by atoms with E-state index in [9.17, 15) is 4.79 Å². The highest BCUT2D eigenvalue weighted by Gasteiger charge is 2.12. The molecule has 1 aromatic rings. The van der Waals surface area contributed by atoms with Crippen LogP contribution in [0.15, 0.2) is 18.2 Å². The smallest absolute Gasteiger partial charge is 0.251 e. The van der Waals surface area contributed by atoms with E-state index in [1.54, 1.807) is 23.9 Å². The van der Waals surface area contributed by atoms with E-state index in [2.05, 4.69) is 24.1 Å². The van der Waals surface area contributed by atoms with Crippen molar-refractivity contribution in [2.75, 3.05) is 18.6 Å². The third-order valence-corrected chi connectivity index (χ3v) is 3.73. The summed E-state index contributed by atoms with van der Waals surface area (Å²) in [5, 5.41) is 11.8. The normalized spacial score (nSPS) is 11.4. The van der Waals surface area contributed by atoms with E-state index in [4.69, 9.17) is 5.11 Å². The first-order chi connectivity index (χ1) is 9.62. The summed E-state index contributed by atoms with van der Waals surface area (Å²) >= 11 is 1.72. The van der Waals surface area contributed by atoms with E-state index in [1.165, 1.54) is 0 Å². The average Bonchev–Trinajstić information content (AvgIpc) is 2.45. The zero-order valence-electron chi connectivity index (χ0n) is 12.2. The average molecular weight is 291 g/mol. The number of carbonyl (C=O) groups excluding carboxylic acids is 1. The van der Waals surface area contributed by atoms with Crippen LogP contribution in [-0.2, 0) is 0 Å². The first-order valence-corrected chi connectivity index (χ1v) is 8.01. The number of nitrogens with one attached hydrogen (secondary N) is 1. The molecule has 0 aliphatic heterocycles. The SMILES string of the molecule is CCC(CSC)NC(=O)c1ccc(C)c(C#CCO)c1. The van der Waals surface area contributed by atoms with E-state index in [-0.39, 0.29) is 18.6 Å². The number of aliphatic hydroxyl groups is 1. The van der Waals surface area contributed by atoms with Crippen LogP contribution in [0.4, 0.5) is 0 Å². The predicted octanol–water partition coefficient (Wildman–Crippen LogP) is 2.21. The zero-order chi connectivity index (χ0) is 15.0. The Morgan fingerprint density at radius 3 is 2.85 bits per heavy atom. The lowest BCUT2D eigenvalue weighted by Gasteiger charge is -2.16. The third-order valence-electron chi connectivity index (χ3n) is 3.00. The van der Waals surface area contributed by atoms with E-state index in [1.807, 2.05) is 19.2 Å². The molecule has 0 radical (unpaired) electrons. The number of carbonyl (C=O) groups is 1. The molecule has 108 valence electrons. The summed E-state index contributed by atoms with van der Waals surface area (Å²) in [6, 6.07) is 5.65. The Bertz CT molecular complexity index is 517. The van der Waals surface area contributed by atoms with Crippen LogP contribution in [0, 0.1) is 18.8 Å². The van der Waals surface area contributed by atoms with Gasteiger partial charge < -0.3 is 10.4 Å². The van der Waals surface area contributed by atoms with E-state index >= 15 is 0 Å². The number of thioether (sulfide) groups is 1. The third kappa shape index (κ3) is 4.92. The second-order valence-corrected chi connectivity index (χ2v) is 5.43. The number of amides is 1. The van der Waals surface area contributed by atoms with Crippen molar-refractivity contribution < 1.29 is 9.90 Å². The fraction of sp³-hybridized carbons (Fsp3) is 0.438. The Labute approximate surface area is 125 Å². The molecule has 2 N–H and O–H groups in total. The lowest BCUT2D eigenvalue weighted by molar-refractivity contribution is 0.0940. The Hall–Kier alpha value is -1.44. The van der Waals surface area contributed by atoms with Gasteiger partial charge in [0.15, 0.2) is 0 Å². The van der Waals surface area contributed by atoms with Crippen molar-refractivity contribution in [2.24, 2.45) is 0 Å². The summed E-state index contributed by atoms with van der Waals surface area (Å²) in [7, 11) is 0. The summed E-state index contributed by atoms with van der Waals surface area (Å²) in [4.78, 5) is 12.2. The summed E-state index contributed by atoms with van der Waals surface area (Å²) < 4.78 is 0. The molecule has 0 saturated heterocycles. The van der Waals surface area contributed by atoms with Crippen molar-refractivity contribution in [1.29, 1.82) is 0 Å². The van der Waals surface area contributed by atoms with Gasteiger partial charge in [0.25, 0.3) is 5.91 Å². The van der Waals surface area contributed by atoms with Crippen LogP contribution in [0.2, 0.25) is 0 Å². The minimum Gasteiger partial charge on any atom is -0.384 e. The van der Waals surface area contributed by atoms with Crippen LogP contribution >= 0.6 is 11.8 Å². The van der Waals surface area contributed by atoms with Gasteiger partial charge in [0, 0.05) is 22.9 Å². The van der Waals surface area contributed by atoms with Gasteiger partial charge in [0.05, 0.1) is 0 Å². The molecule has 0 aromatic heterocycles. The monoisotopic (exact) mass is 291 g/mol. The van der Waals surface area contributed by atoms with Gasteiger partial charge in [-0.25, -0.2) is 0 Å². The zero-order valence-corrected chi connectivity index (χ0v) is 13.0. The van der Waals surface area contributed by atoms with Gasteiger partial charge in [-0.1, -0.05) is 24.8 Å². The van der Waals surface area contributed by atoms with Crippen LogP contribution in [0.5, 0.6) is 0 Å². The topological polar surface area (TPSA) is 49.3 Å². The number of hydrogen-bond acceptors (Lipinski definition) is 3. The molecule has 1 amide bonds. The van der Waals surface area contributed by atoms with Crippen LogP contribution in [0.1, 0.15) is 34.8 Å². The Balaban J connectivity index is 2.88. The molecular weight excluding hydrogens is 270 g/mol. The highest BCUT2D eigenvalue weighted by atomic mass is 32.2. The molecule has 0 spiro atoms. The maximum atomic E-state index is 12.2. The summed E-state index contributed by atoms with van der Waals surface area (Å²) in [5.41, 5.74) is 2.39. The molecule has 1 atom stereocenters. The van der Waals surface area contributed by atoms with Crippen LogP contribution in [0.25, 0.3) is 0 Å². The number of aliphatic hydroxyl groups excluding tert-OH is 1. The standard InChI is InChI=1S/C16H21NO2S/c1-4-15(11-20-3)17-16(19)14-8-7-12(2)13(10-14)6-5-9-18/h7-8,10,15,18H,4,9,11H2,1-3H3,(H,17,19). The molecule has 1 rings (SSSR count). The van der Waals surface area contributed by atoms with Gasteiger partial charge in [-0.05, 0) is 37.3 Å². The second-order valence-electron chi connectivity index (χ2n) is 4.52. The summed E-state index contributed by atoms with van der Waals surface area (Å²) in [6.07, 6.45) is 2.94. The van der Waals surface area contributed by atoms with Crippen molar-refractivity contribution in [2.45, 2.75) is 26.3 Å². The maximum absolute atomic E-state index is 12.2. The van der Waals surface area contributed by atoms with Crippen LogP contribution < -0.4 is 5.32 Å². The van der Waals surface area contributed by atoms with Crippen LogP contribution in [0.3, 0.4) is 0 Å². The summed E-state index contributed by atoms with van der Waals surface area (Å²) in [5.74, 6) is 6.32. The molecule has 20 heavy (non-hydrogen) atoms. The molecule has 0 saturated carbocycles. The van der Waals surface area contributed by atoms with E-state index < -0.39 is 0 Å². The van der Waals surface area contributed by atoms with E-state index in [0.29, 0.717) is 5.56 Å². The van der Waals surface area contributed by atoms with Gasteiger partial charge in [-0.3, -0.25) is 4.79 Å². The van der Waals surface area contributed by atoms with E-state index in [0.717, 1.165) is 23.3 Å². The van der Waals surface area contributed by atoms with Crippen molar-refractivity contribution >= 4 is 17.7 Å². The molecule has 4 heteroatoms. The van der Waals surface area contributed by atoms with Crippen molar-refractivity contribution in [3.05, 3.63) is 34.9 Å². The van der Waals surface area contributed by atoms with Gasteiger partial charge >= 0.3 is 0 Å². The fourth-order valence-corrected chi connectivity index (χ4v) is 2.49. The summed E-state index contributed by atoms with van der Waals surface area (Å²) in [6.45, 7) is 3.82. The van der Waals surface area contributed by atoms with Gasteiger partial charge in [0.2, 0.25) is 0 Å². The number of hydrogen-bond donors (Lipinski definition) is 2.